The minimum Gasteiger partial charge on any atom is -0.483 e. The zero-order valence-electron chi connectivity index (χ0n) is 18.9. The fourth-order valence-electron chi connectivity index (χ4n) is 3.81. The van der Waals surface area contributed by atoms with Crippen LogP contribution in [-0.4, -0.2) is 16.6 Å². The number of thiol groups is 1. The molecule has 1 atom stereocenters. The molecule has 34 heavy (non-hydrogen) atoms. The van der Waals surface area contributed by atoms with Gasteiger partial charge in [0.15, 0.2) is 0 Å². The number of anilines is 2. The first kappa shape index (κ1) is 23.4. The molecule has 4 rings (SSSR count). The van der Waals surface area contributed by atoms with Crippen molar-refractivity contribution in [3.05, 3.63) is 99.6 Å². The number of rotatable bonds is 6. The lowest BCUT2D eigenvalue weighted by atomic mass is 9.92. The first-order valence-corrected chi connectivity index (χ1v) is 11.3. The third kappa shape index (κ3) is 5.23. The molecule has 2 amide bonds. The van der Waals surface area contributed by atoms with Gasteiger partial charge >= 0.3 is 6.03 Å². The van der Waals surface area contributed by atoms with Gasteiger partial charge in [-0.1, -0.05) is 49.2 Å². The van der Waals surface area contributed by atoms with Crippen molar-refractivity contribution in [2.24, 2.45) is 0 Å². The number of carbonyl (C=O) groups excluding carboxylic acids is 1. The molecular formula is C26H25N3O4S. The largest absolute Gasteiger partial charge is 0.483 e. The lowest BCUT2D eigenvalue weighted by Gasteiger charge is -2.33. The number of aryl methyl sites for hydroxylation is 2. The number of ether oxygens (including phenoxy) is 1. The molecule has 1 unspecified atom stereocenters. The van der Waals surface area contributed by atoms with E-state index in [1.807, 2.05) is 43.3 Å². The fraction of sp³-hybridized carbons (Fsp3) is 0.192. The molecule has 0 fully saturated rings. The molecule has 174 valence electrons. The summed E-state index contributed by atoms with van der Waals surface area (Å²) < 4.78 is 7.57. The van der Waals surface area contributed by atoms with Gasteiger partial charge in [-0.3, -0.25) is 10.1 Å². The maximum absolute atomic E-state index is 12.7. The van der Waals surface area contributed by atoms with Crippen LogP contribution in [-0.2, 0) is 6.42 Å². The maximum Gasteiger partial charge on any atom is 0.336 e. The zero-order chi connectivity index (χ0) is 24.3. The summed E-state index contributed by atoms with van der Waals surface area (Å²) in [6.45, 7) is 3.96. The van der Waals surface area contributed by atoms with Gasteiger partial charge in [-0.05, 0) is 68.2 Å². The normalized spacial score (nSPS) is 16.3. The van der Waals surface area contributed by atoms with Crippen LogP contribution in [0.4, 0.5) is 21.9 Å². The highest BCUT2D eigenvalue weighted by Crippen LogP contribution is 2.38. The molecular weight excluding hydrogens is 450 g/mol. The van der Waals surface area contributed by atoms with Crippen molar-refractivity contribution in [2.75, 3.05) is 9.62 Å². The van der Waals surface area contributed by atoms with Gasteiger partial charge < -0.3 is 10.1 Å². The summed E-state index contributed by atoms with van der Waals surface area (Å²) in [7, 11) is 0. The van der Waals surface area contributed by atoms with Gasteiger partial charge in [-0.2, -0.15) is 0 Å². The summed E-state index contributed by atoms with van der Waals surface area (Å²) in [5.74, 6) is 0.761. The minimum atomic E-state index is -0.491. The van der Waals surface area contributed by atoms with Gasteiger partial charge in [-0.25, -0.2) is 9.10 Å². The molecule has 0 radical (unpaired) electrons. The Hall–Kier alpha value is -3.78. The summed E-state index contributed by atoms with van der Waals surface area (Å²) in [5.41, 5.74) is 3.53. The SMILES string of the molecule is Cc1cc2c(cc1N(S)C(=O)Nc1ccc([N+](=O)[O-])cc1)C=CC(C)(CCc1ccccc1)O2. The Balaban J connectivity index is 1.46. The smallest absolute Gasteiger partial charge is 0.336 e. The van der Waals surface area contributed by atoms with Gasteiger partial charge in [0.1, 0.15) is 11.4 Å². The van der Waals surface area contributed by atoms with Gasteiger partial charge in [0.2, 0.25) is 0 Å². The third-order valence-electron chi connectivity index (χ3n) is 5.79. The molecule has 7 nitrogen and oxygen atoms in total. The van der Waals surface area contributed by atoms with Crippen LogP contribution in [0.2, 0.25) is 0 Å². The van der Waals surface area contributed by atoms with Crippen molar-refractivity contribution in [3.8, 4) is 5.75 Å². The average molecular weight is 476 g/mol. The second kappa shape index (κ2) is 9.61. The molecule has 0 bridgehead atoms. The molecule has 0 saturated carbocycles. The molecule has 0 saturated heterocycles. The van der Waals surface area contributed by atoms with Crippen LogP contribution in [0, 0.1) is 17.0 Å². The number of fused-ring (bicyclic) bond motifs is 1. The van der Waals surface area contributed by atoms with Crippen molar-refractivity contribution in [3.63, 3.8) is 0 Å². The number of urea groups is 1. The highest BCUT2D eigenvalue weighted by molar-refractivity contribution is 7.82. The van der Waals surface area contributed by atoms with Crippen molar-refractivity contribution in [1.29, 1.82) is 0 Å². The molecule has 3 aromatic carbocycles. The van der Waals surface area contributed by atoms with E-state index in [4.69, 9.17) is 4.74 Å². The predicted octanol–water partition coefficient (Wildman–Crippen LogP) is 6.58. The molecule has 1 aliphatic heterocycles. The Labute approximate surface area is 203 Å². The first-order chi connectivity index (χ1) is 16.2. The van der Waals surface area contributed by atoms with E-state index in [1.165, 1.54) is 34.1 Å². The Bertz CT molecular complexity index is 1240. The van der Waals surface area contributed by atoms with Gasteiger partial charge in [0.05, 0.1) is 10.6 Å². The number of carbonyl (C=O) groups is 1. The van der Waals surface area contributed by atoms with Crippen molar-refractivity contribution in [1.82, 2.24) is 0 Å². The van der Waals surface area contributed by atoms with E-state index in [2.05, 4.69) is 43.3 Å². The topological polar surface area (TPSA) is 84.7 Å². The third-order valence-corrected chi connectivity index (χ3v) is 6.19. The van der Waals surface area contributed by atoms with Gasteiger partial charge in [0.25, 0.3) is 5.69 Å². The van der Waals surface area contributed by atoms with Crippen LogP contribution < -0.4 is 14.4 Å². The summed E-state index contributed by atoms with van der Waals surface area (Å²) in [5, 5.41) is 13.5. The molecule has 1 heterocycles. The van der Waals surface area contributed by atoms with E-state index in [-0.39, 0.29) is 5.69 Å². The van der Waals surface area contributed by atoms with Crippen LogP contribution in [0.5, 0.6) is 5.75 Å². The fourth-order valence-corrected chi connectivity index (χ4v) is 4.07. The number of nitro groups is 1. The second-order valence-corrected chi connectivity index (χ2v) is 8.86. The number of nitrogens with zero attached hydrogens (tertiary/aromatic N) is 2. The van der Waals surface area contributed by atoms with Crippen LogP contribution in [0.1, 0.15) is 30.0 Å². The summed E-state index contributed by atoms with van der Waals surface area (Å²) in [4.78, 5) is 23.0. The number of hydrogen-bond donors (Lipinski definition) is 2. The van der Waals surface area contributed by atoms with Crippen LogP contribution >= 0.6 is 12.8 Å². The lowest BCUT2D eigenvalue weighted by molar-refractivity contribution is -0.384. The summed E-state index contributed by atoms with van der Waals surface area (Å²) >= 11 is 4.39. The highest BCUT2D eigenvalue weighted by atomic mass is 32.1. The standard InChI is InChI=1S/C26H25N3O4S/c1-18-16-24-20(13-15-26(2,33-24)14-12-19-6-4-3-5-7-19)17-23(18)28(34)25(30)27-21-8-10-22(11-9-21)29(31)32/h3-11,13,15-17,34H,12,14H2,1-2H3,(H,27,30). The van der Waals surface area contributed by atoms with Crippen LogP contribution in [0.25, 0.3) is 6.08 Å². The molecule has 0 aromatic heterocycles. The molecule has 3 aromatic rings. The van der Waals surface area contributed by atoms with Gasteiger partial charge in [0, 0.05) is 23.4 Å². The molecule has 8 heteroatoms. The van der Waals surface area contributed by atoms with Crippen molar-refractivity contribution < 1.29 is 14.5 Å². The number of amides is 2. The molecule has 1 aliphatic rings. The summed E-state index contributed by atoms with van der Waals surface area (Å²) in [6, 6.07) is 19.2. The quantitative estimate of drug-likeness (QED) is 0.239. The molecule has 0 aliphatic carbocycles. The summed E-state index contributed by atoms with van der Waals surface area (Å²) in [6.07, 6.45) is 5.81. The van der Waals surface area contributed by atoms with Crippen molar-refractivity contribution in [2.45, 2.75) is 32.3 Å². The maximum atomic E-state index is 12.7. The van der Waals surface area contributed by atoms with Crippen molar-refractivity contribution >= 4 is 42.0 Å². The number of nitrogens with one attached hydrogen (secondary N) is 1. The van der Waals surface area contributed by atoms with E-state index in [0.29, 0.717) is 11.4 Å². The molecule has 0 spiro atoms. The number of benzene rings is 3. The number of nitro benzene ring substituents is 1. The second-order valence-electron chi connectivity index (χ2n) is 8.46. The van der Waals surface area contributed by atoms with Crippen LogP contribution in [0.3, 0.4) is 0 Å². The Morgan fingerprint density at radius 1 is 1.15 bits per heavy atom. The van der Waals surface area contributed by atoms with E-state index >= 15 is 0 Å². The number of hydrogen-bond acceptors (Lipinski definition) is 5. The van der Waals surface area contributed by atoms with E-state index in [9.17, 15) is 14.9 Å². The zero-order valence-corrected chi connectivity index (χ0v) is 19.8. The average Bonchev–Trinajstić information content (AvgIpc) is 2.83. The monoisotopic (exact) mass is 475 g/mol. The Morgan fingerprint density at radius 2 is 1.85 bits per heavy atom. The molecule has 1 N–H and O–H groups in total. The van der Waals surface area contributed by atoms with Crippen LogP contribution in [0.15, 0.2) is 72.8 Å². The predicted molar refractivity (Wildman–Crippen MR) is 138 cm³/mol. The Kier molecular flexibility index (Phi) is 6.61. The highest BCUT2D eigenvalue weighted by Gasteiger charge is 2.28. The lowest BCUT2D eigenvalue weighted by Crippen LogP contribution is -2.33. The first-order valence-electron chi connectivity index (χ1n) is 10.9. The van der Waals surface area contributed by atoms with E-state index in [1.54, 1.807) is 0 Å². The van der Waals surface area contributed by atoms with Gasteiger partial charge in [-0.15, -0.1) is 0 Å². The Morgan fingerprint density at radius 3 is 2.53 bits per heavy atom. The minimum absolute atomic E-state index is 0.0474. The number of non-ortho nitro benzene ring substituents is 1. The van der Waals surface area contributed by atoms with E-state index in [0.717, 1.165) is 29.7 Å². The van der Waals surface area contributed by atoms with E-state index < -0.39 is 16.6 Å².